The number of carbonyl (C=O) groups is 1. The minimum atomic E-state index is -0.523. The highest BCUT2D eigenvalue weighted by molar-refractivity contribution is 7.17. The standard InChI is InChI=1S/C24H23ClN4O2S/c1-14(17-8-5-15(10-18(17)25)12-27-16-6-7-16)31-20-11-21(32-23(20)24(26)30)19-13-28-22-4-2-3-9-29(19)22/h2-5,8-11,13-14,16,27H,6-7,12H2,1H3,(H2,26,30)/t14-/m1/s1. The van der Waals surface area contributed by atoms with Crippen LogP contribution in [0.1, 0.15) is 46.7 Å². The van der Waals surface area contributed by atoms with Gasteiger partial charge in [0.15, 0.2) is 0 Å². The number of carbonyl (C=O) groups excluding carboxylic acids is 1. The Morgan fingerprint density at radius 2 is 2.19 bits per heavy atom. The average molecular weight is 467 g/mol. The van der Waals surface area contributed by atoms with Crippen LogP contribution in [-0.2, 0) is 6.54 Å². The number of fused-ring (bicyclic) bond motifs is 1. The average Bonchev–Trinajstić information content (AvgIpc) is 3.36. The van der Waals surface area contributed by atoms with Gasteiger partial charge in [-0.25, -0.2) is 4.98 Å². The number of nitrogens with one attached hydrogen (secondary N) is 1. The summed E-state index contributed by atoms with van der Waals surface area (Å²) >= 11 is 7.86. The Kier molecular flexibility index (Phi) is 5.63. The Hall–Kier alpha value is -2.87. The summed E-state index contributed by atoms with van der Waals surface area (Å²) < 4.78 is 8.16. The summed E-state index contributed by atoms with van der Waals surface area (Å²) in [6.45, 7) is 2.72. The van der Waals surface area contributed by atoms with Crippen LogP contribution in [0.2, 0.25) is 5.02 Å². The molecule has 4 aromatic rings. The van der Waals surface area contributed by atoms with Crippen LogP contribution in [0.4, 0.5) is 0 Å². The molecule has 1 aliphatic carbocycles. The molecule has 1 amide bonds. The van der Waals surface area contributed by atoms with Crippen LogP contribution in [0.5, 0.6) is 5.75 Å². The summed E-state index contributed by atoms with van der Waals surface area (Å²) in [4.78, 5) is 17.8. The van der Waals surface area contributed by atoms with Gasteiger partial charge in [0.25, 0.3) is 5.91 Å². The number of aromatic nitrogens is 2. The quantitative estimate of drug-likeness (QED) is 0.373. The van der Waals surface area contributed by atoms with E-state index in [0.29, 0.717) is 21.7 Å². The molecule has 1 atom stereocenters. The van der Waals surface area contributed by atoms with E-state index < -0.39 is 5.91 Å². The number of amides is 1. The first-order valence-corrected chi connectivity index (χ1v) is 11.7. The molecule has 1 aromatic carbocycles. The van der Waals surface area contributed by atoms with Gasteiger partial charge in [-0.05, 0) is 43.5 Å². The lowest BCUT2D eigenvalue weighted by Crippen LogP contribution is -2.15. The maximum absolute atomic E-state index is 12.1. The first kappa shape index (κ1) is 21.0. The number of pyridine rings is 1. The number of nitrogens with zero attached hydrogens (tertiary/aromatic N) is 2. The van der Waals surface area contributed by atoms with Crippen molar-refractivity contribution in [3.05, 3.63) is 75.9 Å². The molecule has 0 unspecified atom stereocenters. The van der Waals surface area contributed by atoms with Gasteiger partial charge in [0.05, 0.1) is 16.8 Å². The molecule has 1 fully saturated rings. The van der Waals surface area contributed by atoms with E-state index in [4.69, 9.17) is 22.1 Å². The number of rotatable bonds is 8. The van der Waals surface area contributed by atoms with Gasteiger partial charge in [-0.3, -0.25) is 9.20 Å². The fraction of sp³-hybridized carbons (Fsp3) is 0.250. The molecule has 6 nitrogen and oxygen atoms in total. The third kappa shape index (κ3) is 4.24. The minimum absolute atomic E-state index is 0.351. The van der Waals surface area contributed by atoms with Crippen LogP contribution in [0.15, 0.2) is 54.9 Å². The molecular weight excluding hydrogens is 444 g/mol. The topological polar surface area (TPSA) is 81.7 Å². The minimum Gasteiger partial charge on any atom is -0.484 e. The first-order chi connectivity index (χ1) is 15.5. The number of hydrogen-bond donors (Lipinski definition) is 2. The second-order valence-corrected chi connectivity index (χ2v) is 9.47. The highest BCUT2D eigenvalue weighted by Crippen LogP contribution is 2.39. The summed E-state index contributed by atoms with van der Waals surface area (Å²) in [6.07, 6.45) is 5.86. The van der Waals surface area contributed by atoms with Crippen LogP contribution >= 0.6 is 22.9 Å². The third-order valence-corrected chi connectivity index (χ3v) is 7.05. The zero-order valence-corrected chi connectivity index (χ0v) is 19.1. The van der Waals surface area contributed by atoms with Gasteiger partial charge in [-0.1, -0.05) is 29.8 Å². The Bertz CT molecular complexity index is 1290. The van der Waals surface area contributed by atoms with Crippen LogP contribution in [0, 0.1) is 0 Å². The maximum Gasteiger partial charge on any atom is 0.262 e. The van der Waals surface area contributed by atoms with E-state index in [1.165, 1.54) is 24.2 Å². The summed E-state index contributed by atoms with van der Waals surface area (Å²) in [5, 5.41) is 4.13. The molecule has 0 spiro atoms. The zero-order chi connectivity index (χ0) is 22.2. The lowest BCUT2D eigenvalue weighted by molar-refractivity contribution is 0.0998. The molecule has 1 saturated carbocycles. The number of thiophene rings is 1. The molecule has 8 heteroatoms. The normalized spacial score (nSPS) is 14.6. The molecule has 1 aliphatic rings. The number of primary amides is 1. The van der Waals surface area contributed by atoms with Crippen molar-refractivity contribution in [2.75, 3.05) is 0 Å². The van der Waals surface area contributed by atoms with Crippen molar-refractivity contribution in [3.8, 4) is 16.3 Å². The van der Waals surface area contributed by atoms with Crippen LogP contribution in [0.25, 0.3) is 16.2 Å². The van der Waals surface area contributed by atoms with Crippen LogP contribution < -0.4 is 15.8 Å². The van der Waals surface area contributed by atoms with E-state index >= 15 is 0 Å². The van der Waals surface area contributed by atoms with E-state index in [1.54, 1.807) is 6.20 Å². The highest BCUT2D eigenvalue weighted by atomic mass is 35.5. The van der Waals surface area contributed by atoms with Gasteiger partial charge in [0, 0.05) is 35.4 Å². The zero-order valence-electron chi connectivity index (χ0n) is 17.5. The Balaban J connectivity index is 1.40. The van der Waals surface area contributed by atoms with E-state index in [-0.39, 0.29) is 6.10 Å². The van der Waals surface area contributed by atoms with Crippen molar-refractivity contribution in [2.45, 2.75) is 38.5 Å². The van der Waals surface area contributed by atoms with Crippen molar-refractivity contribution < 1.29 is 9.53 Å². The van der Waals surface area contributed by atoms with Crippen LogP contribution in [0.3, 0.4) is 0 Å². The Morgan fingerprint density at radius 1 is 1.34 bits per heavy atom. The lowest BCUT2D eigenvalue weighted by atomic mass is 10.1. The van der Waals surface area contributed by atoms with Crippen molar-refractivity contribution >= 4 is 34.5 Å². The first-order valence-electron chi connectivity index (χ1n) is 10.5. The van der Waals surface area contributed by atoms with E-state index in [1.807, 2.05) is 53.9 Å². The second-order valence-electron chi connectivity index (χ2n) is 8.01. The van der Waals surface area contributed by atoms with Crippen molar-refractivity contribution in [1.29, 1.82) is 0 Å². The van der Waals surface area contributed by atoms with Crippen molar-refractivity contribution in [1.82, 2.24) is 14.7 Å². The van der Waals surface area contributed by atoms with Gasteiger partial charge in [-0.2, -0.15) is 0 Å². The van der Waals surface area contributed by atoms with Crippen molar-refractivity contribution in [2.24, 2.45) is 5.73 Å². The fourth-order valence-corrected chi connectivity index (χ4v) is 5.00. The summed E-state index contributed by atoms with van der Waals surface area (Å²) in [5.74, 6) is -0.0729. The number of nitrogens with two attached hydrogens (primary N) is 1. The molecule has 5 rings (SSSR count). The summed E-state index contributed by atoms with van der Waals surface area (Å²) in [7, 11) is 0. The molecule has 3 aromatic heterocycles. The Labute approximate surface area is 195 Å². The monoisotopic (exact) mass is 466 g/mol. The van der Waals surface area contributed by atoms with E-state index in [0.717, 1.165) is 33.9 Å². The van der Waals surface area contributed by atoms with Gasteiger partial charge in [-0.15, -0.1) is 11.3 Å². The summed E-state index contributed by atoms with van der Waals surface area (Å²) in [6, 6.07) is 14.3. The molecule has 3 heterocycles. The van der Waals surface area contributed by atoms with Gasteiger partial charge < -0.3 is 15.8 Å². The predicted octanol–water partition coefficient (Wildman–Crippen LogP) is 5.21. The maximum atomic E-state index is 12.1. The number of ether oxygens (including phenoxy) is 1. The van der Waals surface area contributed by atoms with Gasteiger partial charge in [0.1, 0.15) is 22.4 Å². The number of benzene rings is 1. The third-order valence-electron chi connectivity index (χ3n) is 5.57. The SMILES string of the molecule is C[C@@H](Oc1cc(-c2cnc3ccccn23)sc1C(N)=O)c1ccc(CNC2CC2)cc1Cl. The van der Waals surface area contributed by atoms with E-state index in [2.05, 4.69) is 16.4 Å². The molecule has 0 saturated heterocycles. The van der Waals surface area contributed by atoms with E-state index in [9.17, 15) is 4.79 Å². The van der Waals surface area contributed by atoms with Gasteiger partial charge >= 0.3 is 0 Å². The number of imidazole rings is 1. The molecule has 0 aliphatic heterocycles. The van der Waals surface area contributed by atoms with Crippen LogP contribution in [-0.4, -0.2) is 21.3 Å². The summed E-state index contributed by atoms with van der Waals surface area (Å²) in [5.41, 5.74) is 9.36. The van der Waals surface area contributed by atoms with Gasteiger partial charge in [0.2, 0.25) is 0 Å². The molecule has 3 N–H and O–H groups in total. The molecular formula is C24H23ClN4O2S. The molecule has 32 heavy (non-hydrogen) atoms. The molecule has 0 radical (unpaired) electrons. The largest absolute Gasteiger partial charge is 0.484 e. The number of hydrogen-bond acceptors (Lipinski definition) is 5. The predicted molar refractivity (Wildman–Crippen MR) is 127 cm³/mol. The second kappa shape index (κ2) is 8.58. The smallest absolute Gasteiger partial charge is 0.262 e. The fourth-order valence-electron chi connectivity index (χ4n) is 3.69. The highest BCUT2D eigenvalue weighted by Gasteiger charge is 2.22. The molecule has 0 bridgehead atoms. The Morgan fingerprint density at radius 3 is 2.94 bits per heavy atom. The van der Waals surface area contributed by atoms with Crippen molar-refractivity contribution in [3.63, 3.8) is 0 Å². The molecule has 164 valence electrons. The lowest BCUT2D eigenvalue weighted by Gasteiger charge is -2.17. The number of halogens is 1.